The Morgan fingerprint density at radius 3 is 2.68 bits per heavy atom. The zero-order valence-electron chi connectivity index (χ0n) is 12.9. The van der Waals surface area contributed by atoms with Crippen LogP contribution in [0.15, 0.2) is 24.3 Å². The molecule has 1 aromatic carbocycles. The normalized spacial score (nSPS) is 29.2. The molecule has 4 atom stereocenters. The highest BCUT2D eigenvalue weighted by atomic mass is 15.0. The summed E-state index contributed by atoms with van der Waals surface area (Å²) in [5.41, 5.74) is 2.90. The first kappa shape index (κ1) is 14.6. The summed E-state index contributed by atoms with van der Waals surface area (Å²) >= 11 is 0. The SMILES string of the molecule is Cc1ccccc1CC(C)NC1CCCC(C)C1C. The van der Waals surface area contributed by atoms with E-state index in [0.717, 1.165) is 18.3 Å². The van der Waals surface area contributed by atoms with E-state index in [1.807, 2.05) is 0 Å². The first-order valence-electron chi connectivity index (χ1n) is 7.88. The highest BCUT2D eigenvalue weighted by Crippen LogP contribution is 2.29. The monoisotopic (exact) mass is 259 g/mol. The molecule has 1 aliphatic rings. The van der Waals surface area contributed by atoms with E-state index in [9.17, 15) is 0 Å². The Bertz CT molecular complexity index is 398. The van der Waals surface area contributed by atoms with Crippen LogP contribution < -0.4 is 5.32 Å². The first-order chi connectivity index (χ1) is 9.08. The Morgan fingerprint density at radius 2 is 1.95 bits per heavy atom. The van der Waals surface area contributed by atoms with E-state index in [-0.39, 0.29) is 0 Å². The summed E-state index contributed by atoms with van der Waals surface area (Å²) in [6.45, 7) is 9.37. The Labute approximate surface area is 118 Å². The van der Waals surface area contributed by atoms with Crippen molar-refractivity contribution in [1.29, 1.82) is 0 Å². The van der Waals surface area contributed by atoms with Crippen molar-refractivity contribution in [2.24, 2.45) is 11.8 Å². The number of benzene rings is 1. The van der Waals surface area contributed by atoms with Crippen LogP contribution in [0.25, 0.3) is 0 Å². The fraction of sp³-hybridized carbons (Fsp3) is 0.667. The molecule has 1 N–H and O–H groups in total. The minimum atomic E-state index is 0.568. The predicted octanol–water partition coefficient (Wildman–Crippen LogP) is 4.34. The van der Waals surface area contributed by atoms with Crippen molar-refractivity contribution in [3.05, 3.63) is 35.4 Å². The van der Waals surface area contributed by atoms with Crippen molar-refractivity contribution in [2.45, 2.75) is 65.5 Å². The fourth-order valence-electron chi connectivity index (χ4n) is 3.41. The van der Waals surface area contributed by atoms with E-state index in [1.54, 1.807) is 0 Å². The second-order valence-electron chi connectivity index (χ2n) is 6.57. The van der Waals surface area contributed by atoms with Crippen LogP contribution in [0.2, 0.25) is 0 Å². The second kappa shape index (κ2) is 6.56. The Balaban J connectivity index is 1.90. The third kappa shape index (κ3) is 3.82. The number of hydrogen-bond acceptors (Lipinski definition) is 1. The Hall–Kier alpha value is -0.820. The van der Waals surface area contributed by atoms with Crippen molar-refractivity contribution in [3.8, 4) is 0 Å². The van der Waals surface area contributed by atoms with Crippen molar-refractivity contribution in [3.63, 3.8) is 0 Å². The lowest BCUT2D eigenvalue weighted by Crippen LogP contribution is -2.45. The molecule has 0 bridgehead atoms. The molecule has 1 heteroatoms. The average Bonchev–Trinajstić information content (AvgIpc) is 2.38. The maximum absolute atomic E-state index is 3.87. The predicted molar refractivity (Wildman–Crippen MR) is 83.4 cm³/mol. The zero-order chi connectivity index (χ0) is 13.8. The molecule has 0 amide bonds. The van der Waals surface area contributed by atoms with Gasteiger partial charge >= 0.3 is 0 Å². The molecule has 1 fully saturated rings. The van der Waals surface area contributed by atoms with E-state index >= 15 is 0 Å². The van der Waals surface area contributed by atoms with Gasteiger partial charge < -0.3 is 5.32 Å². The molecule has 1 aromatic rings. The van der Waals surface area contributed by atoms with Gasteiger partial charge in [0.15, 0.2) is 0 Å². The van der Waals surface area contributed by atoms with Gasteiger partial charge in [-0.1, -0.05) is 51.0 Å². The molecule has 0 saturated heterocycles. The van der Waals surface area contributed by atoms with Gasteiger partial charge in [-0.05, 0) is 49.7 Å². The van der Waals surface area contributed by atoms with Crippen molar-refractivity contribution in [1.82, 2.24) is 5.32 Å². The molecule has 19 heavy (non-hydrogen) atoms. The third-order valence-electron chi connectivity index (χ3n) is 4.99. The van der Waals surface area contributed by atoms with E-state index in [0.29, 0.717) is 12.1 Å². The molecule has 1 nitrogen and oxygen atoms in total. The van der Waals surface area contributed by atoms with Gasteiger partial charge in [0.05, 0.1) is 0 Å². The number of aryl methyl sites for hydroxylation is 1. The zero-order valence-corrected chi connectivity index (χ0v) is 12.9. The maximum atomic E-state index is 3.87. The third-order valence-corrected chi connectivity index (χ3v) is 4.99. The molecular formula is C18H29N. The smallest absolute Gasteiger partial charge is 0.00978 e. The van der Waals surface area contributed by atoms with Crippen LogP contribution in [-0.2, 0) is 6.42 Å². The maximum Gasteiger partial charge on any atom is 0.00978 e. The van der Waals surface area contributed by atoms with Crippen molar-refractivity contribution in [2.75, 3.05) is 0 Å². The van der Waals surface area contributed by atoms with Gasteiger partial charge in [-0.2, -0.15) is 0 Å². The Kier molecular flexibility index (Phi) is 5.04. The van der Waals surface area contributed by atoms with Gasteiger partial charge in [-0.15, -0.1) is 0 Å². The van der Waals surface area contributed by atoms with E-state index < -0.39 is 0 Å². The molecule has 0 aliphatic heterocycles. The molecule has 0 spiro atoms. The topological polar surface area (TPSA) is 12.0 Å². The molecular weight excluding hydrogens is 230 g/mol. The number of rotatable bonds is 4. The van der Waals surface area contributed by atoms with Crippen molar-refractivity contribution >= 4 is 0 Å². The van der Waals surface area contributed by atoms with Crippen LogP contribution in [0, 0.1) is 18.8 Å². The van der Waals surface area contributed by atoms with Crippen LogP contribution >= 0.6 is 0 Å². The van der Waals surface area contributed by atoms with Gasteiger partial charge in [0.25, 0.3) is 0 Å². The van der Waals surface area contributed by atoms with Crippen LogP contribution in [0.3, 0.4) is 0 Å². The summed E-state index contributed by atoms with van der Waals surface area (Å²) in [6, 6.07) is 10.0. The van der Waals surface area contributed by atoms with Crippen LogP contribution in [-0.4, -0.2) is 12.1 Å². The molecule has 0 aromatic heterocycles. The van der Waals surface area contributed by atoms with Gasteiger partial charge in [0.1, 0.15) is 0 Å². The summed E-state index contributed by atoms with van der Waals surface area (Å²) in [6.07, 6.45) is 5.29. The lowest BCUT2D eigenvalue weighted by molar-refractivity contribution is 0.195. The molecule has 4 unspecified atom stereocenters. The van der Waals surface area contributed by atoms with Crippen molar-refractivity contribution < 1.29 is 0 Å². The molecule has 1 aliphatic carbocycles. The fourth-order valence-corrected chi connectivity index (χ4v) is 3.41. The molecule has 0 heterocycles. The highest BCUT2D eigenvalue weighted by molar-refractivity contribution is 5.26. The lowest BCUT2D eigenvalue weighted by atomic mass is 9.77. The van der Waals surface area contributed by atoms with Gasteiger partial charge in [-0.25, -0.2) is 0 Å². The summed E-state index contributed by atoms with van der Waals surface area (Å²) in [7, 11) is 0. The van der Waals surface area contributed by atoms with E-state index in [4.69, 9.17) is 0 Å². The molecule has 1 saturated carbocycles. The number of nitrogens with one attached hydrogen (secondary N) is 1. The summed E-state index contributed by atoms with van der Waals surface area (Å²) < 4.78 is 0. The Morgan fingerprint density at radius 1 is 1.21 bits per heavy atom. The second-order valence-corrected chi connectivity index (χ2v) is 6.57. The van der Waals surface area contributed by atoms with Crippen LogP contribution in [0.5, 0.6) is 0 Å². The number of hydrogen-bond donors (Lipinski definition) is 1. The summed E-state index contributed by atoms with van der Waals surface area (Å²) in [5, 5.41) is 3.87. The lowest BCUT2D eigenvalue weighted by Gasteiger charge is -2.36. The molecule has 106 valence electrons. The standard InChI is InChI=1S/C18H29N/c1-13-9-7-11-18(16(13)4)19-15(3)12-17-10-6-5-8-14(17)2/h5-6,8,10,13,15-16,18-19H,7,9,11-12H2,1-4H3. The minimum Gasteiger partial charge on any atom is -0.311 e. The highest BCUT2D eigenvalue weighted by Gasteiger charge is 2.27. The van der Waals surface area contributed by atoms with E-state index in [2.05, 4.69) is 57.3 Å². The summed E-state index contributed by atoms with van der Waals surface area (Å²) in [4.78, 5) is 0. The van der Waals surface area contributed by atoms with Gasteiger partial charge in [-0.3, -0.25) is 0 Å². The summed E-state index contributed by atoms with van der Waals surface area (Å²) in [5.74, 6) is 1.69. The molecule has 0 radical (unpaired) electrons. The van der Waals surface area contributed by atoms with Gasteiger partial charge in [0.2, 0.25) is 0 Å². The van der Waals surface area contributed by atoms with Gasteiger partial charge in [0, 0.05) is 12.1 Å². The minimum absolute atomic E-state index is 0.568. The first-order valence-corrected chi connectivity index (χ1v) is 7.88. The van der Waals surface area contributed by atoms with Crippen LogP contribution in [0.4, 0.5) is 0 Å². The molecule has 2 rings (SSSR count). The largest absolute Gasteiger partial charge is 0.311 e. The van der Waals surface area contributed by atoms with Crippen LogP contribution in [0.1, 0.15) is 51.2 Å². The quantitative estimate of drug-likeness (QED) is 0.848. The average molecular weight is 259 g/mol. The van der Waals surface area contributed by atoms with E-state index in [1.165, 1.54) is 30.4 Å².